The molecule has 0 radical (unpaired) electrons. The molecule has 0 bridgehead atoms. The second-order valence-electron chi connectivity index (χ2n) is 5.68. The van der Waals surface area contributed by atoms with Gasteiger partial charge in [-0.3, -0.25) is 4.79 Å². The van der Waals surface area contributed by atoms with Gasteiger partial charge in [0.15, 0.2) is 5.82 Å². The van der Waals surface area contributed by atoms with Crippen molar-refractivity contribution in [1.82, 2.24) is 30.0 Å². The zero-order valence-corrected chi connectivity index (χ0v) is 14.5. The lowest BCUT2D eigenvalue weighted by Crippen LogP contribution is -2.43. The summed E-state index contributed by atoms with van der Waals surface area (Å²) in [7, 11) is 0. The lowest BCUT2D eigenvalue weighted by Gasteiger charge is -2.27. The highest BCUT2D eigenvalue weighted by Crippen LogP contribution is 2.28. The second kappa shape index (κ2) is 6.48. The molecule has 0 fully saturated rings. The number of aryl methyl sites for hydroxylation is 1. The average molecular weight is 342 g/mol. The number of nitrogens with one attached hydrogen (secondary N) is 1. The van der Waals surface area contributed by atoms with Crippen LogP contribution in [0, 0.1) is 6.92 Å². The van der Waals surface area contributed by atoms with E-state index in [0.29, 0.717) is 11.4 Å². The predicted octanol–water partition coefficient (Wildman–Crippen LogP) is 2.48. The molecule has 3 rings (SSSR count). The molecule has 1 atom stereocenters. The van der Waals surface area contributed by atoms with E-state index in [0.717, 1.165) is 17.1 Å². The van der Waals surface area contributed by atoms with Crippen molar-refractivity contribution in [3.63, 3.8) is 0 Å². The Balaban J connectivity index is 1.85. The van der Waals surface area contributed by atoms with Crippen molar-refractivity contribution < 1.29 is 4.79 Å². The Hall–Kier alpha value is -2.61. The van der Waals surface area contributed by atoms with Crippen molar-refractivity contribution >= 4 is 17.2 Å². The average Bonchev–Trinajstić information content (AvgIpc) is 3.26. The minimum absolute atomic E-state index is 0.170. The zero-order valence-electron chi connectivity index (χ0n) is 13.7. The van der Waals surface area contributed by atoms with Crippen molar-refractivity contribution in [3.8, 4) is 5.82 Å². The van der Waals surface area contributed by atoms with Crippen LogP contribution >= 0.6 is 11.3 Å². The lowest BCUT2D eigenvalue weighted by molar-refractivity contribution is 0.0901. The van der Waals surface area contributed by atoms with Gasteiger partial charge < -0.3 is 5.32 Å². The first-order chi connectivity index (χ1) is 11.5. The molecule has 0 aromatic carbocycles. The Kier molecular flexibility index (Phi) is 4.39. The third kappa shape index (κ3) is 3.18. The molecular formula is C16H18N6OS. The first-order valence-electron chi connectivity index (χ1n) is 7.58. The molecule has 24 heavy (non-hydrogen) atoms. The zero-order chi connectivity index (χ0) is 17.2. The Morgan fingerprint density at radius 3 is 2.92 bits per heavy atom. The van der Waals surface area contributed by atoms with Gasteiger partial charge >= 0.3 is 0 Å². The molecule has 1 unspecified atom stereocenters. The van der Waals surface area contributed by atoms with Crippen LogP contribution in [-0.4, -0.2) is 30.6 Å². The van der Waals surface area contributed by atoms with Crippen LogP contribution in [0.1, 0.15) is 41.3 Å². The number of rotatable bonds is 5. The molecule has 0 aliphatic carbocycles. The molecule has 1 N–H and O–H groups in total. The highest BCUT2D eigenvalue weighted by molar-refractivity contribution is 7.09. The van der Waals surface area contributed by atoms with Gasteiger partial charge in [-0.1, -0.05) is 6.92 Å². The van der Waals surface area contributed by atoms with Crippen LogP contribution in [0.2, 0.25) is 0 Å². The summed E-state index contributed by atoms with van der Waals surface area (Å²) in [5, 5.41) is 10.0. The van der Waals surface area contributed by atoms with Gasteiger partial charge in [0.2, 0.25) is 0 Å². The Morgan fingerprint density at radius 1 is 1.46 bits per heavy atom. The number of aromatic nitrogens is 5. The maximum atomic E-state index is 12.7. The van der Waals surface area contributed by atoms with Crippen LogP contribution in [0.25, 0.3) is 5.82 Å². The molecule has 0 aliphatic rings. The van der Waals surface area contributed by atoms with Crippen LogP contribution in [0.15, 0.2) is 36.4 Å². The number of amides is 1. The third-order valence-corrected chi connectivity index (χ3v) is 5.07. The molecule has 1 amide bonds. The highest BCUT2D eigenvalue weighted by Gasteiger charge is 2.30. The Morgan fingerprint density at radius 2 is 2.29 bits per heavy atom. The normalized spacial score (nSPS) is 13.5. The standard InChI is InChI=1S/C16H18N6OS/c1-4-16(3,15-20-11(2)8-24-15)21-14(23)12-5-6-18-13(7-12)22-10-17-9-19-22/h5-10H,4H2,1-3H3,(H,21,23). The summed E-state index contributed by atoms with van der Waals surface area (Å²) in [6.07, 6.45) is 5.29. The molecule has 8 heteroatoms. The minimum atomic E-state index is -0.507. The van der Waals surface area contributed by atoms with E-state index in [1.165, 1.54) is 11.0 Å². The lowest BCUT2D eigenvalue weighted by atomic mass is 9.99. The largest absolute Gasteiger partial charge is 0.340 e. The minimum Gasteiger partial charge on any atom is -0.340 e. The topological polar surface area (TPSA) is 85.6 Å². The fourth-order valence-electron chi connectivity index (χ4n) is 2.23. The molecule has 0 saturated carbocycles. The van der Waals surface area contributed by atoms with E-state index in [2.05, 4.69) is 25.4 Å². The van der Waals surface area contributed by atoms with Crippen LogP contribution in [-0.2, 0) is 5.54 Å². The highest BCUT2D eigenvalue weighted by atomic mass is 32.1. The Bertz CT molecular complexity index is 844. The summed E-state index contributed by atoms with van der Waals surface area (Å²) < 4.78 is 1.51. The van der Waals surface area contributed by atoms with Crippen molar-refractivity contribution in [3.05, 3.63) is 52.6 Å². The number of thiazole rings is 1. The molecule has 7 nitrogen and oxygen atoms in total. The third-order valence-electron chi connectivity index (χ3n) is 3.85. The van der Waals surface area contributed by atoms with Crippen molar-refractivity contribution in [1.29, 1.82) is 0 Å². The summed E-state index contributed by atoms with van der Waals surface area (Å²) in [6, 6.07) is 3.37. The molecule has 3 aromatic heterocycles. The number of carbonyl (C=O) groups is 1. The molecule has 0 saturated heterocycles. The SMILES string of the molecule is CCC(C)(NC(=O)c1ccnc(-n2cncn2)c1)c1nc(C)cs1. The van der Waals surface area contributed by atoms with E-state index in [4.69, 9.17) is 0 Å². The number of hydrogen-bond acceptors (Lipinski definition) is 6. The van der Waals surface area contributed by atoms with Gasteiger partial charge in [-0.25, -0.2) is 19.6 Å². The molecule has 124 valence electrons. The van der Waals surface area contributed by atoms with Crippen molar-refractivity contribution in [2.45, 2.75) is 32.7 Å². The van der Waals surface area contributed by atoms with Gasteiger partial charge in [-0.15, -0.1) is 11.3 Å². The van der Waals surface area contributed by atoms with Crippen molar-refractivity contribution in [2.75, 3.05) is 0 Å². The van der Waals surface area contributed by atoms with E-state index < -0.39 is 5.54 Å². The fourth-order valence-corrected chi connectivity index (χ4v) is 3.22. The maximum absolute atomic E-state index is 12.7. The van der Waals surface area contributed by atoms with Crippen LogP contribution in [0.5, 0.6) is 0 Å². The van der Waals surface area contributed by atoms with E-state index in [1.807, 2.05) is 26.2 Å². The van der Waals surface area contributed by atoms with E-state index in [-0.39, 0.29) is 5.91 Å². The van der Waals surface area contributed by atoms with Gasteiger partial charge in [-0.05, 0) is 32.4 Å². The monoisotopic (exact) mass is 342 g/mol. The smallest absolute Gasteiger partial charge is 0.252 e. The number of pyridine rings is 1. The summed E-state index contributed by atoms with van der Waals surface area (Å²) in [6.45, 7) is 5.97. The number of hydrogen-bond donors (Lipinski definition) is 1. The van der Waals surface area contributed by atoms with Gasteiger partial charge in [-0.2, -0.15) is 5.10 Å². The van der Waals surface area contributed by atoms with Gasteiger partial charge in [0.25, 0.3) is 5.91 Å². The molecule has 0 spiro atoms. The van der Waals surface area contributed by atoms with Crippen molar-refractivity contribution in [2.24, 2.45) is 0 Å². The quantitative estimate of drug-likeness (QED) is 0.770. The Labute approximate surface area is 143 Å². The van der Waals surface area contributed by atoms with Crippen LogP contribution in [0.4, 0.5) is 0 Å². The summed E-state index contributed by atoms with van der Waals surface area (Å²) >= 11 is 1.56. The first kappa shape index (κ1) is 16.3. The first-order valence-corrected chi connectivity index (χ1v) is 8.46. The number of carbonyl (C=O) groups excluding carboxylic acids is 1. The summed E-state index contributed by atoms with van der Waals surface area (Å²) in [5.74, 6) is 0.374. The molecule has 3 heterocycles. The van der Waals surface area contributed by atoms with Gasteiger partial charge in [0.1, 0.15) is 17.7 Å². The van der Waals surface area contributed by atoms with Crippen LogP contribution in [0.3, 0.4) is 0 Å². The number of nitrogens with zero attached hydrogens (tertiary/aromatic N) is 5. The predicted molar refractivity (Wildman–Crippen MR) is 91.1 cm³/mol. The van der Waals surface area contributed by atoms with E-state index >= 15 is 0 Å². The van der Waals surface area contributed by atoms with Gasteiger partial charge in [0, 0.05) is 22.8 Å². The van der Waals surface area contributed by atoms with Crippen LogP contribution < -0.4 is 5.32 Å². The second-order valence-corrected chi connectivity index (χ2v) is 6.53. The maximum Gasteiger partial charge on any atom is 0.252 e. The van der Waals surface area contributed by atoms with E-state index in [1.54, 1.807) is 36.0 Å². The summed E-state index contributed by atoms with van der Waals surface area (Å²) in [5.41, 5.74) is 0.969. The van der Waals surface area contributed by atoms with E-state index in [9.17, 15) is 4.79 Å². The van der Waals surface area contributed by atoms with Gasteiger partial charge in [0.05, 0.1) is 5.54 Å². The molecule has 3 aromatic rings. The summed E-state index contributed by atoms with van der Waals surface area (Å²) in [4.78, 5) is 25.3. The molecular weight excluding hydrogens is 324 g/mol. The molecule has 0 aliphatic heterocycles. The fraction of sp³-hybridized carbons (Fsp3) is 0.312.